The van der Waals surface area contributed by atoms with Crippen molar-refractivity contribution in [2.75, 3.05) is 5.75 Å². The lowest BCUT2D eigenvalue weighted by atomic mass is 8.81. The Morgan fingerprint density at radius 1 is 1.27 bits per heavy atom. The molecule has 8 heteroatoms. The Morgan fingerprint density at radius 2 is 1.73 bits per heavy atom. The average molecular weight is 213 g/mol. The maximum Gasteiger partial charge on any atom is 0.113 e. The van der Waals surface area contributed by atoms with Gasteiger partial charge in [0, 0.05) is 54.7 Å². The van der Waals surface area contributed by atoms with Gasteiger partial charge in [-0.1, -0.05) is 13.8 Å². The standard InChI is InChI=1S/C7H13FS.B6/c1-3-7-5(2)6(8)4-9-7;1-5(2)6(3)4/h5-7H,3-4H2,1-2H3;/t5-,6+,7+;/m0./s1. The maximum atomic E-state index is 12.7. The van der Waals surface area contributed by atoms with E-state index in [2.05, 4.69) is 6.92 Å². The minimum absolute atomic E-state index is 0.292. The minimum atomic E-state index is -0.593. The summed E-state index contributed by atoms with van der Waals surface area (Å²) in [6.45, 7) is 4.14. The molecule has 15 heavy (non-hydrogen) atoms. The van der Waals surface area contributed by atoms with Crippen molar-refractivity contribution in [2.24, 2.45) is 5.92 Å². The second kappa shape index (κ2) is 7.86. The molecule has 0 aromatic carbocycles. The normalized spacial score (nSPS) is 29.1. The molecular weight excluding hydrogens is 200 g/mol. The summed E-state index contributed by atoms with van der Waals surface area (Å²) in [6, 6.07) is 0. The first-order valence-electron chi connectivity index (χ1n) is 5.18. The van der Waals surface area contributed by atoms with Crippen molar-refractivity contribution < 1.29 is 4.39 Å². The van der Waals surface area contributed by atoms with E-state index in [-0.39, 0.29) is 0 Å². The van der Waals surface area contributed by atoms with Gasteiger partial charge in [-0.3, -0.25) is 0 Å². The van der Waals surface area contributed by atoms with Crippen molar-refractivity contribution in [1.82, 2.24) is 0 Å². The number of halogens is 1. The molecule has 0 aromatic rings. The fourth-order valence-corrected chi connectivity index (χ4v) is 2.69. The van der Waals surface area contributed by atoms with Crippen LogP contribution in [0.4, 0.5) is 4.39 Å². The van der Waals surface area contributed by atoms with Crippen LogP contribution in [-0.4, -0.2) is 60.9 Å². The van der Waals surface area contributed by atoms with E-state index in [1.165, 1.54) is 0 Å². The smallest absolute Gasteiger partial charge is 0.113 e. The number of thioether (sulfide) groups is 1. The lowest BCUT2D eigenvalue weighted by molar-refractivity contribution is 0.277. The second-order valence-electron chi connectivity index (χ2n) is 3.81. The SMILES string of the molecule is CC[C@H]1SC[C@@H](F)[C@@H]1C.[B]B([B])B([B])[B]. The minimum Gasteiger partial charge on any atom is -0.246 e. The van der Waals surface area contributed by atoms with Gasteiger partial charge in [-0.05, 0) is 12.3 Å². The molecule has 1 saturated heterocycles. The zero-order valence-corrected chi connectivity index (χ0v) is 10.2. The van der Waals surface area contributed by atoms with Crippen LogP contribution < -0.4 is 0 Å². The van der Waals surface area contributed by atoms with Gasteiger partial charge in [-0.15, -0.1) is 0 Å². The molecule has 1 heterocycles. The second-order valence-corrected chi connectivity index (χ2v) is 5.08. The molecule has 1 aliphatic rings. The predicted molar refractivity (Wildman–Crippen MR) is 75.1 cm³/mol. The molecule has 0 unspecified atom stereocenters. The molecule has 1 fully saturated rings. The van der Waals surface area contributed by atoms with Gasteiger partial charge in [0.25, 0.3) is 0 Å². The van der Waals surface area contributed by atoms with Crippen molar-refractivity contribution in [3.8, 4) is 0 Å². The lowest BCUT2D eigenvalue weighted by Crippen LogP contribution is -2.38. The van der Waals surface area contributed by atoms with E-state index in [0.29, 0.717) is 11.2 Å². The summed E-state index contributed by atoms with van der Waals surface area (Å²) in [5.74, 6) is 1.01. The van der Waals surface area contributed by atoms with Gasteiger partial charge in [0.05, 0.1) is 0 Å². The van der Waals surface area contributed by atoms with Crippen molar-refractivity contribution in [1.29, 1.82) is 0 Å². The molecule has 3 atom stereocenters. The van der Waals surface area contributed by atoms with Gasteiger partial charge >= 0.3 is 0 Å². The predicted octanol–water partition coefficient (Wildman–Crippen LogP) is 0.201. The van der Waals surface area contributed by atoms with Crippen LogP contribution in [0.2, 0.25) is 0 Å². The third-order valence-corrected chi connectivity index (χ3v) is 4.17. The largest absolute Gasteiger partial charge is 0.246 e. The summed E-state index contributed by atoms with van der Waals surface area (Å²) in [5.41, 5.74) is 0. The van der Waals surface area contributed by atoms with Gasteiger partial charge < -0.3 is 0 Å². The topological polar surface area (TPSA) is 0 Å². The monoisotopic (exact) mass is 214 g/mol. The lowest BCUT2D eigenvalue weighted by Gasteiger charge is -2.11. The molecule has 1 aliphatic heterocycles. The Labute approximate surface area is 103 Å². The summed E-state index contributed by atoms with van der Waals surface area (Å²) in [6.07, 6.45) is -0.610. The molecule has 0 saturated carbocycles. The Hall–Kier alpha value is 0.670. The summed E-state index contributed by atoms with van der Waals surface area (Å²) in [7, 11) is 19.9. The number of rotatable bonds is 2. The fourth-order valence-electron chi connectivity index (χ4n) is 1.24. The average Bonchev–Trinajstić information content (AvgIpc) is 2.48. The molecule has 1 rings (SSSR count). The van der Waals surface area contributed by atoms with E-state index >= 15 is 0 Å². The maximum absolute atomic E-state index is 12.7. The summed E-state index contributed by atoms with van der Waals surface area (Å²) in [4.78, 5) is 0. The van der Waals surface area contributed by atoms with Crippen LogP contribution in [0.1, 0.15) is 20.3 Å². The third-order valence-electron chi connectivity index (χ3n) is 2.47. The Morgan fingerprint density at radius 3 is 1.87 bits per heavy atom. The molecule has 0 nitrogen and oxygen atoms in total. The number of hydrogen-bond donors (Lipinski definition) is 0. The van der Waals surface area contributed by atoms with E-state index in [0.717, 1.165) is 12.2 Å². The van der Waals surface area contributed by atoms with Crippen LogP contribution in [0.25, 0.3) is 0 Å². The first-order valence-corrected chi connectivity index (χ1v) is 6.23. The molecule has 0 aliphatic carbocycles. The highest BCUT2D eigenvalue weighted by Gasteiger charge is 2.31. The van der Waals surface area contributed by atoms with Crippen LogP contribution in [-0.2, 0) is 0 Å². The molecular formula is C7H13B6FS. The molecule has 0 amide bonds. The number of alkyl halides is 1. The van der Waals surface area contributed by atoms with Gasteiger partial charge in [0.15, 0.2) is 0 Å². The van der Waals surface area contributed by atoms with Crippen LogP contribution >= 0.6 is 11.8 Å². The van der Waals surface area contributed by atoms with Crippen molar-refractivity contribution in [3.63, 3.8) is 0 Å². The highest BCUT2D eigenvalue weighted by atomic mass is 32.2. The van der Waals surface area contributed by atoms with E-state index in [9.17, 15) is 4.39 Å². The zero-order chi connectivity index (χ0) is 12.0. The molecule has 72 valence electrons. The Kier molecular flexibility index (Phi) is 8.22. The van der Waals surface area contributed by atoms with Gasteiger partial charge in [0.2, 0.25) is 0 Å². The summed E-state index contributed by atoms with van der Waals surface area (Å²) in [5, 5.41) is 0.583. The fraction of sp³-hybridized carbons (Fsp3) is 1.00. The molecule has 0 aromatic heterocycles. The van der Waals surface area contributed by atoms with Crippen molar-refractivity contribution in [2.45, 2.75) is 31.7 Å². The molecule has 0 spiro atoms. The summed E-state index contributed by atoms with van der Waals surface area (Å²) >= 11 is 1.78. The van der Waals surface area contributed by atoms with Crippen molar-refractivity contribution in [3.05, 3.63) is 0 Å². The van der Waals surface area contributed by atoms with Crippen molar-refractivity contribution >= 4 is 55.5 Å². The van der Waals surface area contributed by atoms with E-state index in [1.54, 1.807) is 11.8 Å². The Bertz CT molecular complexity index is 164. The molecule has 0 N–H and O–H groups in total. The van der Waals surface area contributed by atoms with E-state index in [4.69, 9.17) is 30.9 Å². The van der Waals surface area contributed by atoms with E-state index in [1.807, 2.05) is 6.92 Å². The first-order chi connectivity index (χ1) is 6.90. The third kappa shape index (κ3) is 6.09. The summed E-state index contributed by atoms with van der Waals surface area (Å²) < 4.78 is 12.7. The van der Waals surface area contributed by atoms with Gasteiger partial charge in [-0.2, -0.15) is 11.8 Å². The van der Waals surface area contributed by atoms with Crippen LogP contribution in [0.5, 0.6) is 0 Å². The van der Waals surface area contributed by atoms with Crippen LogP contribution in [0, 0.1) is 5.92 Å². The highest BCUT2D eigenvalue weighted by molar-refractivity contribution is 8.00. The van der Waals surface area contributed by atoms with Crippen LogP contribution in [0.15, 0.2) is 0 Å². The van der Waals surface area contributed by atoms with E-state index < -0.39 is 18.9 Å². The van der Waals surface area contributed by atoms with Gasteiger partial charge in [-0.25, -0.2) is 4.39 Å². The quantitative estimate of drug-likeness (QED) is 0.590. The van der Waals surface area contributed by atoms with Crippen LogP contribution in [0.3, 0.4) is 0 Å². The zero-order valence-electron chi connectivity index (χ0n) is 9.40. The molecule has 0 bridgehead atoms. The molecule has 8 radical (unpaired) electrons. The van der Waals surface area contributed by atoms with Gasteiger partial charge in [0.1, 0.15) is 6.17 Å². The number of hydrogen-bond acceptors (Lipinski definition) is 1. The Balaban J connectivity index is 0.000000288. The highest BCUT2D eigenvalue weighted by Crippen LogP contribution is 2.35. The first kappa shape index (κ1) is 15.7.